The fourth-order valence-corrected chi connectivity index (χ4v) is 5.36. The normalized spacial score (nSPS) is 13.7. The average Bonchev–Trinajstić information content (AvgIpc) is 3.68. The van der Waals surface area contributed by atoms with Gasteiger partial charge in [0.15, 0.2) is 0 Å². The molecule has 5 aromatic rings. The van der Waals surface area contributed by atoms with Crippen molar-refractivity contribution >= 4 is 34.2 Å². The van der Waals surface area contributed by atoms with E-state index in [9.17, 15) is 27.9 Å². The predicted octanol–water partition coefficient (Wildman–Crippen LogP) is 7.44. The Morgan fingerprint density at radius 1 is 0.909 bits per heavy atom. The number of nitrogens with one attached hydrogen (secondary N) is 2. The number of halogens is 3. The number of carbonyl (C=O) groups is 2. The second kappa shape index (κ2) is 10.9. The summed E-state index contributed by atoms with van der Waals surface area (Å²) in [6.07, 6.45) is -1.26. The van der Waals surface area contributed by atoms with Crippen molar-refractivity contribution in [3.63, 3.8) is 0 Å². The van der Waals surface area contributed by atoms with Gasteiger partial charge >= 0.3 is 12.1 Å². The standard InChI is InChI=1S/C34H25F3N4O3/c35-34(36,37)25-7-1-22(2-8-25)20-41-18-15-27-29(39-26-11-3-21(19-38)4-12-26)14-13-28(30(27)41)31(42)40-33(16-17-33)24-9-5-23(6-10-24)32(43)44/h1-15,18,39H,16-17,20H2,(H,40,42)(H,43,44). The number of fused-ring (bicyclic) bond motifs is 1. The van der Waals surface area contributed by atoms with E-state index in [0.717, 1.165) is 28.8 Å². The molecule has 1 heterocycles. The van der Waals surface area contributed by atoms with E-state index in [0.29, 0.717) is 40.7 Å². The summed E-state index contributed by atoms with van der Waals surface area (Å²) in [5, 5.41) is 25.6. The predicted molar refractivity (Wildman–Crippen MR) is 159 cm³/mol. The molecule has 0 saturated heterocycles. The van der Waals surface area contributed by atoms with Gasteiger partial charge in [-0.1, -0.05) is 24.3 Å². The van der Waals surface area contributed by atoms with Crippen molar-refractivity contribution in [1.82, 2.24) is 9.88 Å². The summed E-state index contributed by atoms with van der Waals surface area (Å²) >= 11 is 0. The lowest BCUT2D eigenvalue weighted by Gasteiger charge is -2.20. The molecule has 3 N–H and O–H groups in total. The first-order valence-corrected chi connectivity index (χ1v) is 13.8. The molecule has 1 aliphatic rings. The minimum absolute atomic E-state index is 0.157. The van der Waals surface area contributed by atoms with Crippen molar-refractivity contribution in [3.8, 4) is 6.07 Å². The topological polar surface area (TPSA) is 107 Å². The number of benzene rings is 4. The highest BCUT2D eigenvalue weighted by Gasteiger charge is 2.46. The number of carboxylic acid groups (broad SMARTS) is 1. The minimum atomic E-state index is -4.44. The lowest BCUT2D eigenvalue weighted by Crippen LogP contribution is -2.35. The number of carbonyl (C=O) groups excluding carboxylic acids is 1. The molecule has 0 unspecified atom stereocenters. The molecule has 0 radical (unpaired) electrons. The molecule has 44 heavy (non-hydrogen) atoms. The summed E-state index contributed by atoms with van der Waals surface area (Å²) in [5.74, 6) is -1.36. The Morgan fingerprint density at radius 2 is 1.59 bits per heavy atom. The molecular weight excluding hydrogens is 569 g/mol. The smallest absolute Gasteiger partial charge is 0.416 e. The van der Waals surface area contributed by atoms with E-state index in [2.05, 4.69) is 16.7 Å². The monoisotopic (exact) mass is 594 g/mol. The van der Waals surface area contributed by atoms with Crippen LogP contribution in [-0.2, 0) is 18.3 Å². The van der Waals surface area contributed by atoms with Crippen LogP contribution in [0.4, 0.5) is 24.5 Å². The number of hydrogen-bond acceptors (Lipinski definition) is 4. The van der Waals surface area contributed by atoms with Crippen LogP contribution in [0.2, 0.25) is 0 Å². The Hall–Kier alpha value is -5.56. The van der Waals surface area contributed by atoms with Crippen molar-refractivity contribution in [2.45, 2.75) is 31.1 Å². The molecule has 0 aliphatic heterocycles. The number of hydrogen-bond donors (Lipinski definition) is 3. The Kier molecular flexibility index (Phi) is 7.09. The number of anilines is 2. The van der Waals surface area contributed by atoms with Gasteiger partial charge in [-0.15, -0.1) is 0 Å². The van der Waals surface area contributed by atoms with Crippen LogP contribution in [0.25, 0.3) is 10.9 Å². The molecule has 4 aromatic carbocycles. The zero-order valence-electron chi connectivity index (χ0n) is 23.2. The molecule has 1 aromatic heterocycles. The summed E-state index contributed by atoms with van der Waals surface area (Å²) in [4.78, 5) is 25.2. The summed E-state index contributed by atoms with van der Waals surface area (Å²) in [5.41, 5.74) is 3.18. The number of aromatic carboxylic acids is 1. The van der Waals surface area contributed by atoms with Gasteiger partial charge in [0.2, 0.25) is 0 Å². The molecule has 220 valence electrons. The molecule has 0 bridgehead atoms. The van der Waals surface area contributed by atoms with Gasteiger partial charge in [0.1, 0.15) is 0 Å². The summed E-state index contributed by atoms with van der Waals surface area (Å²) < 4.78 is 41.2. The van der Waals surface area contributed by atoms with Crippen LogP contribution in [0.3, 0.4) is 0 Å². The maximum atomic E-state index is 13.9. The van der Waals surface area contributed by atoms with Crippen LogP contribution in [0.5, 0.6) is 0 Å². The summed E-state index contributed by atoms with van der Waals surface area (Å²) in [6.45, 7) is 0.226. The number of alkyl halides is 3. The van der Waals surface area contributed by atoms with E-state index >= 15 is 0 Å². The van der Waals surface area contributed by atoms with E-state index in [4.69, 9.17) is 5.26 Å². The van der Waals surface area contributed by atoms with Gasteiger partial charge < -0.3 is 20.3 Å². The third-order valence-corrected chi connectivity index (χ3v) is 7.88. The largest absolute Gasteiger partial charge is 0.478 e. The first-order chi connectivity index (χ1) is 21.1. The molecular formula is C34H25F3N4O3. The Bertz CT molecular complexity index is 1920. The highest BCUT2D eigenvalue weighted by atomic mass is 19.4. The zero-order chi connectivity index (χ0) is 31.1. The number of rotatable bonds is 8. The van der Waals surface area contributed by atoms with Crippen molar-refractivity contribution < 1.29 is 27.9 Å². The quantitative estimate of drug-likeness (QED) is 0.173. The molecule has 6 rings (SSSR count). The van der Waals surface area contributed by atoms with Crippen LogP contribution < -0.4 is 10.6 Å². The van der Waals surface area contributed by atoms with Crippen molar-refractivity contribution in [2.24, 2.45) is 0 Å². The van der Waals surface area contributed by atoms with Gasteiger partial charge in [0, 0.05) is 29.5 Å². The van der Waals surface area contributed by atoms with Crippen molar-refractivity contribution in [3.05, 3.63) is 131 Å². The van der Waals surface area contributed by atoms with Crippen LogP contribution >= 0.6 is 0 Å². The van der Waals surface area contributed by atoms with E-state index in [1.807, 2.05) is 10.6 Å². The van der Waals surface area contributed by atoms with E-state index in [-0.39, 0.29) is 18.0 Å². The number of carboxylic acids is 1. The van der Waals surface area contributed by atoms with Crippen LogP contribution in [0.1, 0.15) is 55.8 Å². The molecule has 10 heteroatoms. The number of amides is 1. The number of nitrogens with zero attached hydrogens (tertiary/aromatic N) is 2. The molecule has 1 aliphatic carbocycles. The molecule has 0 spiro atoms. The van der Waals surface area contributed by atoms with Crippen LogP contribution in [0.15, 0.2) is 97.2 Å². The van der Waals surface area contributed by atoms with E-state index < -0.39 is 23.2 Å². The Balaban J connectivity index is 1.36. The molecule has 0 atom stereocenters. The van der Waals surface area contributed by atoms with Gasteiger partial charge in [-0.3, -0.25) is 4.79 Å². The Labute approximate surface area is 250 Å². The first-order valence-electron chi connectivity index (χ1n) is 13.8. The van der Waals surface area contributed by atoms with Gasteiger partial charge in [-0.05, 0) is 90.7 Å². The molecule has 1 saturated carbocycles. The Morgan fingerprint density at radius 3 is 2.18 bits per heavy atom. The summed E-state index contributed by atoms with van der Waals surface area (Å²) in [6, 6.07) is 25.7. The van der Waals surface area contributed by atoms with Crippen LogP contribution in [0, 0.1) is 11.3 Å². The number of aromatic nitrogens is 1. The molecule has 7 nitrogen and oxygen atoms in total. The highest BCUT2D eigenvalue weighted by Crippen LogP contribution is 2.46. The second-order valence-corrected chi connectivity index (χ2v) is 10.8. The van der Waals surface area contributed by atoms with Crippen LogP contribution in [-0.4, -0.2) is 21.6 Å². The fourth-order valence-electron chi connectivity index (χ4n) is 5.36. The first kappa shape index (κ1) is 28.6. The van der Waals surface area contributed by atoms with Gasteiger partial charge in [0.05, 0.1) is 39.4 Å². The maximum Gasteiger partial charge on any atom is 0.416 e. The molecule has 1 amide bonds. The van der Waals surface area contributed by atoms with Gasteiger partial charge in [-0.25, -0.2) is 4.79 Å². The average molecular weight is 595 g/mol. The third kappa shape index (κ3) is 5.60. The van der Waals surface area contributed by atoms with Gasteiger partial charge in [0.25, 0.3) is 5.91 Å². The lowest BCUT2D eigenvalue weighted by molar-refractivity contribution is -0.137. The number of nitriles is 1. The lowest BCUT2D eigenvalue weighted by atomic mass is 10.0. The minimum Gasteiger partial charge on any atom is -0.478 e. The van der Waals surface area contributed by atoms with Crippen molar-refractivity contribution in [2.75, 3.05) is 5.32 Å². The summed E-state index contributed by atoms with van der Waals surface area (Å²) in [7, 11) is 0. The van der Waals surface area contributed by atoms with Crippen molar-refractivity contribution in [1.29, 1.82) is 5.26 Å². The fraction of sp³-hybridized carbons (Fsp3) is 0.147. The maximum absolute atomic E-state index is 13.9. The zero-order valence-corrected chi connectivity index (χ0v) is 23.2. The molecule has 1 fully saturated rings. The third-order valence-electron chi connectivity index (χ3n) is 7.88. The van der Waals surface area contributed by atoms with E-state index in [1.54, 1.807) is 54.7 Å². The van der Waals surface area contributed by atoms with E-state index in [1.165, 1.54) is 24.3 Å². The second-order valence-electron chi connectivity index (χ2n) is 10.8. The highest BCUT2D eigenvalue weighted by molar-refractivity contribution is 6.10. The SMILES string of the molecule is N#Cc1ccc(Nc2ccc(C(=O)NC3(c4ccc(C(=O)O)cc4)CC3)c3c2ccn3Cc2ccc(C(F)(F)F)cc2)cc1. The van der Waals surface area contributed by atoms with Gasteiger partial charge in [-0.2, -0.15) is 18.4 Å².